The lowest BCUT2D eigenvalue weighted by atomic mass is 10.2. The summed E-state index contributed by atoms with van der Waals surface area (Å²) in [5.74, 6) is 0.639. The maximum atomic E-state index is 12.5. The lowest BCUT2D eigenvalue weighted by Crippen LogP contribution is -2.22. The second-order valence-electron chi connectivity index (χ2n) is 5.89. The normalized spacial score (nSPS) is 12.2. The summed E-state index contributed by atoms with van der Waals surface area (Å²) in [6, 6.07) is 8.89. The van der Waals surface area contributed by atoms with Gasteiger partial charge in [-0.3, -0.25) is 4.79 Å². The highest BCUT2D eigenvalue weighted by molar-refractivity contribution is 8.02. The molecule has 0 aliphatic heterocycles. The predicted octanol–water partition coefficient (Wildman–Crippen LogP) is 3.03. The summed E-state index contributed by atoms with van der Waals surface area (Å²) >= 11 is 2.70. The fraction of sp³-hybridized carbons (Fsp3) is 0.176. The van der Waals surface area contributed by atoms with E-state index in [9.17, 15) is 9.59 Å². The van der Waals surface area contributed by atoms with Crippen LogP contribution >= 0.6 is 23.1 Å². The van der Waals surface area contributed by atoms with Crippen LogP contribution in [0.25, 0.3) is 11.0 Å². The van der Waals surface area contributed by atoms with Crippen molar-refractivity contribution in [2.75, 3.05) is 10.6 Å². The molecule has 9 nitrogen and oxygen atoms in total. The summed E-state index contributed by atoms with van der Waals surface area (Å²) in [6.45, 7) is 2.32. The standard InChI is InChI=1S/C17H16N6O3S2/c1-9(14(24)19-10-4-5-12-13(7-10)21-15(25)20-12)27-17-23-22-16(28-17)18-8-11-3-2-6-26-11/h2-7,9H,8H2,1H3,(H,18,22)(H,19,24)(H2,20,21,25). The minimum absolute atomic E-state index is 0.164. The number of hydrogen-bond donors (Lipinski definition) is 4. The van der Waals surface area contributed by atoms with E-state index in [0.29, 0.717) is 32.7 Å². The van der Waals surface area contributed by atoms with E-state index in [-0.39, 0.29) is 16.8 Å². The van der Waals surface area contributed by atoms with Crippen LogP contribution in [0.5, 0.6) is 0 Å². The van der Waals surface area contributed by atoms with Gasteiger partial charge in [-0.25, -0.2) is 4.79 Å². The molecule has 3 aromatic heterocycles. The molecule has 11 heteroatoms. The Bertz CT molecular complexity index is 1150. The molecule has 4 aromatic rings. The highest BCUT2D eigenvalue weighted by Crippen LogP contribution is 2.29. The van der Waals surface area contributed by atoms with Gasteiger partial charge in [0, 0.05) is 5.69 Å². The molecule has 1 unspecified atom stereocenters. The van der Waals surface area contributed by atoms with Gasteiger partial charge in [0.05, 0.1) is 29.1 Å². The van der Waals surface area contributed by atoms with Gasteiger partial charge in [0.1, 0.15) is 5.76 Å². The van der Waals surface area contributed by atoms with E-state index >= 15 is 0 Å². The van der Waals surface area contributed by atoms with E-state index in [4.69, 9.17) is 4.42 Å². The minimum atomic E-state index is -0.369. The van der Waals surface area contributed by atoms with Gasteiger partial charge >= 0.3 is 5.69 Å². The van der Waals surface area contributed by atoms with Crippen LogP contribution in [0.1, 0.15) is 12.7 Å². The number of nitrogens with zero attached hydrogens (tertiary/aromatic N) is 2. The van der Waals surface area contributed by atoms with Crippen LogP contribution in [0.2, 0.25) is 0 Å². The summed E-state index contributed by atoms with van der Waals surface area (Å²) in [5.41, 5.74) is 1.65. The number of aromatic amines is 2. The molecular formula is C17H16N6O3S2. The quantitative estimate of drug-likeness (QED) is 0.341. The molecule has 0 fully saturated rings. The average Bonchev–Trinajstić information content (AvgIpc) is 3.39. The first-order chi connectivity index (χ1) is 13.6. The zero-order chi connectivity index (χ0) is 19.5. The Hall–Kier alpha value is -3.05. The molecular weight excluding hydrogens is 400 g/mol. The number of hydrogen-bond acceptors (Lipinski definition) is 8. The van der Waals surface area contributed by atoms with Crippen LogP contribution < -0.4 is 16.3 Å². The molecule has 0 saturated heterocycles. The smallest absolute Gasteiger partial charge is 0.323 e. The number of H-pyrrole nitrogens is 2. The molecule has 4 N–H and O–H groups in total. The number of carbonyl (C=O) groups excluding carboxylic acids is 1. The van der Waals surface area contributed by atoms with Crippen molar-refractivity contribution in [3.05, 3.63) is 52.8 Å². The van der Waals surface area contributed by atoms with Gasteiger partial charge < -0.3 is 25.0 Å². The van der Waals surface area contributed by atoms with Gasteiger partial charge in [0.25, 0.3) is 0 Å². The van der Waals surface area contributed by atoms with Crippen LogP contribution in [0, 0.1) is 0 Å². The Morgan fingerprint density at radius 2 is 2.14 bits per heavy atom. The van der Waals surface area contributed by atoms with Crippen LogP contribution in [-0.2, 0) is 11.3 Å². The molecule has 0 saturated carbocycles. The molecule has 3 heterocycles. The average molecular weight is 416 g/mol. The molecule has 0 aliphatic carbocycles. The lowest BCUT2D eigenvalue weighted by molar-refractivity contribution is -0.115. The predicted molar refractivity (Wildman–Crippen MR) is 109 cm³/mol. The van der Waals surface area contributed by atoms with Crippen LogP contribution in [0.4, 0.5) is 10.8 Å². The van der Waals surface area contributed by atoms with Crippen molar-refractivity contribution >= 4 is 50.9 Å². The first kappa shape index (κ1) is 18.3. The van der Waals surface area contributed by atoms with Crippen molar-refractivity contribution in [3.63, 3.8) is 0 Å². The summed E-state index contributed by atoms with van der Waals surface area (Å²) in [6.07, 6.45) is 1.62. The number of imidazole rings is 1. The van der Waals surface area contributed by atoms with Crippen LogP contribution in [0.3, 0.4) is 0 Å². The number of amides is 1. The van der Waals surface area contributed by atoms with E-state index in [1.807, 2.05) is 12.1 Å². The molecule has 1 atom stereocenters. The number of aromatic nitrogens is 4. The summed E-state index contributed by atoms with van der Waals surface area (Å²) in [5, 5.41) is 14.5. The van der Waals surface area contributed by atoms with Crippen molar-refractivity contribution in [1.82, 2.24) is 20.2 Å². The lowest BCUT2D eigenvalue weighted by Gasteiger charge is -2.10. The topological polar surface area (TPSA) is 129 Å². The third-order valence-electron chi connectivity index (χ3n) is 3.83. The first-order valence-corrected chi connectivity index (χ1v) is 10.1. The number of fused-ring (bicyclic) bond motifs is 1. The largest absolute Gasteiger partial charge is 0.467 e. The van der Waals surface area contributed by atoms with E-state index in [1.165, 1.54) is 23.1 Å². The van der Waals surface area contributed by atoms with Crippen molar-refractivity contribution < 1.29 is 9.21 Å². The molecule has 0 spiro atoms. The van der Waals surface area contributed by atoms with Crippen LogP contribution in [-0.4, -0.2) is 31.3 Å². The Balaban J connectivity index is 1.34. The fourth-order valence-electron chi connectivity index (χ4n) is 2.46. The molecule has 144 valence electrons. The highest BCUT2D eigenvalue weighted by Gasteiger charge is 2.18. The Kier molecular flexibility index (Phi) is 5.17. The van der Waals surface area contributed by atoms with E-state index in [1.54, 1.807) is 31.4 Å². The second-order valence-corrected chi connectivity index (χ2v) is 8.46. The zero-order valence-corrected chi connectivity index (χ0v) is 16.3. The summed E-state index contributed by atoms with van der Waals surface area (Å²) in [4.78, 5) is 29.1. The van der Waals surface area contributed by atoms with Crippen molar-refractivity contribution in [2.45, 2.75) is 23.1 Å². The second kappa shape index (κ2) is 7.90. The number of benzene rings is 1. The monoisotopic (exact) mass is 416 g/mol. The maximum Gasteiger partial charge on any atom is 0.323 e. The number of rotatable bonds is 7. The minimum Gasteiger partial charge on any atom is -0.467 e. The highest BCUT2D eigenvalue weighted by atomic mass is 32.2. The van der Waals surface area contributed by atoms with Crippen molar-refractivity contribution in [1.29, 1.82) is 0 Å². The van der Waals surface area contributed by atoms with Gasteiger partial charge in [0.2, 0.25) is 11.0 Å². The molecule has 0 aliphatic rings. The van der Waals surface area contributed by atoms with Gasteiger partial charge in [-0.15, -0.1) is 10.2 Å². The van der Waals surface area contributed by atoms with Gasteiger partial charge in [-0.05, 0) is 37.3 Å². The number of nitrogens with one attached hydrogen (secondary N) is 4. The molecule has 1 amide bonds. The van der Waals surface area contributed by atoms with Gasteiger partial charge in [-0.2, -0.15) is 0 Å². The van der Waals surface area contributed by atoms with E-state index < -0.39 is 0 Å². The Labute approximate surface area is 167 Å². The van der Waals surface area contributed by atoms with Crippen molar-refractivity contribution in [3.8, 4) is 0 Å². The van der Waals surface area contributed by atoms with Crippen molar-refractivity contribution in [2.24, 2.45) is 0 Å². The molecule has 4 rings (SSSR count). The molecule has 0 bridgehead atoms. The number of thioether (sulfide) groups is 1. The van der Waals surface area contributed by atoms with Gasteiger partial charge in [0.15, 0.2) is 4.34 Å². The number of anilines is 2. The Morgan fingerprint density at radius 3 is 2.96 bits per heavy atom. The summed E-state index contributed by atoms with van der Waals surface area (Å²) < 4.78 is 5.95. The number of furan rings is 1. The van der Waals surface area contributed by atoms with Crippen LogP contribution in [0.15, 0.2) is 50.1 Å². The van der Waals surface area contributed by atoms with Gasteiger partial charge in [-0.1, -0.05) is 23.1 Å². The fourth-order valence-corrected chi connectivity index (χ4v) is 4.36. The molecule has 1 aromatic carbocycles. The van der Waals surface area contributed by atoms with E-state index in [2.05, 4.69) is 30.8 Å². The first-order valence-electron chi connectivity index (χ1n) is 8.36. The summed E-state index contributed by atoms with van der Waals surface area (Å²) in [7, 11) is 0. The van der Waals surface area contributed by atoms with E-state index in [0.717, 1.165) is 5.76 Å². The molecule has 0 radical (unpaired) electrons. The maximum absolute atomic E-state index is 12.5. The zero-order valence-electron chi connectivity index (χ0n) is 14.7. The molecule has 28 heavy (non-hydrogen) atoms. The third-order valence-corrected chi connectivity index (χ3v) is 5.90. The third kappa shape index (κ3) is 4.26. The Morgan fingerprint density at radius 1 is 1.29 bits per heavy atom. The number of carbonyl (C=O) groups is 1. The SMILES string of the molecule is CC(Sc1nnc(NCc2ccco2)s1)C(=O)Nc1ccc2[nH]c(=O)[nH]c2c1.